The van der Waals surface area contributed by atoms with Crippen LogP contribution >= 0.6 is 34.7 Å². The lowest BCUT2D eigenvalue weighted by Crippen LogP contribution is -2.49. The molecule has 0 bridgehead atoms. The van der Waals surface area contributed by atoms with E-state index in [1.807, 2.05) is 32.3 Å². The summed E-state index contributed by atoms with van der Waals surface area (Å²) in [5.74, 6) is 0.827. The number of H-pyrrole nitrogens is 1. The lowest BCUT2D eigenvalue weighted by molar-refractivity contribution is 0.176. The van der Waals surface area contributed by atoms with Crippen LogP contribution in [0.5, 0.6) is 0 Å². The lowest BCUT2D eigenvalue weighted by Gasteiger charge is -2.43. The third-order valence-corrected chi connectivity index (χ3v) is 11.5. The van der Waals surface area contributed by atoms with Crippen LogP contribution in [0.15, 0.2) is 51.1 Å². The van der Waals surface area contributed by atoms with Crippen molar-refractivity contribution in [1.82, 2.24) is 29.6 Å². The van der Waals surface area contributed by atoms with Gasteiger partial charge < -0.3 is 14.4 Å². The molecule has 2 N–H and O–H groups in total. The topological polar surface area (TPSA) is 123 Å². The number of aromatic nitrogens is 5. The van der Waals surface area contributed by atoms with E-state index in [1.165, 1.54) is 23.0 Å². The van der Waals surface area contributed by atoms with Crippen molar-refractivity contribution in [3.05, 3.63) is 62.3 Å². The summed E-state index contributed by atoms with van der Waals surface area (Å²) in [6.07, 6.45) is 7.70. The zero-order valence-corrected chi connectivity index (χ0v) is 24.9. The first-order valence-corrected chi connectivity index (χ1v) is 15.9. The number of thiazole rings is 1. The predicted molar refractivity (Wildman–Crippen MR) is 157 cm³/mol. The van der Waals surface area contributed by atoms with E-state index in [0.717, 1.165) is 48.8 Å². The molecule has 1 fully saturated rings. The fourth-order valence-electron chi connectivity index (χ4n) is 5.29. The second kappa shape index (κ2) is 10.3. The minimum absolute atomic E-state index is 0.00437. The van der Waals surface area contributed by atoms with Gasteiger partial charge in [0, 0.05) is 39.6 Å². The molecule has 0 unspecified atom stereocenters. The average molecular weight is 602 g/mol. The van der Waals surface area contributed by atoms with E-state index in [-0.39, 0.29) is 21.8 Å². The maximum absolute atomic E-state index is 13.1. The second-order valence-corrected chi connectivity index (χ2v) is 15.3. The number of anilines is 1. The molecule has 204 valence electrons. The number of rotatable bonds is 5. The van der Waals surface area contributed by atoms with Gasteiger partial charge in [0.2, 0.25) is 0 Å². The summed E-state index contributed by atoms with van der Waals surface area (Å²) in [6.45, 7) is 7.67. The fraction of sp³-hybridized carbons (Fsp3) is 0.423. The summed E-state index contributed by atoms with van der Waals surface area (Å²) in [6, 6.07) is 3.66. The first kappa shape index (κ1) is 27.0. The monoisotopic (exact) mass is 601 g/mol. The molecule has 2 atom stereocenters. The molecule has 1 aliphatic carbocycles. The average Bonchev–Trinajstić information content (AvgIpc) is 3.46. The van der Waals surface area contributed by atoms with Crippen molar-refractivity contribution in [3.8, 4) is 0 Å². The minimum Gasteiger partial charge on any atom is -0.598 e. The third kappa shape index (κ3) is 5.07. The summed E-state index contributed by atoms with van der Waals surface area (Å²) >= 11 is 8.40. The highest BCUT2D eigenvalue weighted by Crippen LogP contribution is 2.53. The maximum Gasteiger partial charge on any atom is 0.260 e. The quantitative estimate of drug-likeness (QED) is 0.307. The number of halogens is 1. The van der Waals surface area contributed by atoms with Gasteiger partial charge in [0.15, 0.2) is 0 Å². The van der Waals surface area contributed by atoms with Crippen molar-refractivity contribution in [3.63, 3.8) is 0 Å². The largest absolute Gasteiger partial charge is 0.598 e. The van der Waals surface area contributed by atoms with Crippen LogP contribution in [0, 0.1) is 5.41 Å². The number of aromatic amines is 1. The van der Waals surface area contributed by atoms with Gasteiger partial charge in [0.25, 0.3) is 5.56 Å². The van der Waals surface area contributed by atoms with Crippen molar-refractivity contribution >= 4 is 62.8 Å². The Bertz CT molecular complexity index is 1560. The molecule has 1 saturated heterocycles. The van der Waals surface area contributed by atoms with Gasteiger partial charge in [-0.2, -0.15) is 0 Å². The molecular formula is C26H28ClN7O2S3. The number of nitrogens with one attached hydrogen (secondary N) is 2. The van der Waals surface area contributed by atoms with E-state index in [0.29, 0.717) is 21.0 Å². The summed E-state index contributed by atoms with van der Waals surface area (Å²) in [7, 11) is 0. The van der Waals surface area contributed by atoms with Crippen molar-refractivity contribution < 1.29 is 4.55 Å². The van der Waals surface area contributed by atoms with Crippen molar-refractivity contribution in [1.29, 1.82) is 0 Å². The van der Waals surface area contributed by atoms with Crippen LogP contribution in [0.1, 0.15) is 50.2 Å². The number of nitrogens with zero attached hydrogens (tertiary/aromatic N) is 5. The van der Waals surface area contributed by atoms with Gasteiger partial charge >= 0.3 is 0 Å². The molecule has 1 aromatic carbocycles. The molecule has 0 amide bonds. The highest BCUT2D eigenvalue weighted by molar-refractivity contribution is 7.99. The molecule has 0 radical (unpaired) electrons. The van der Waals surface area contributed by atoms with Crippen LogP contribution < -0.4 is 15.2 Å². The SMILES string of the molecule is CC(C)(C)[S@@+]([O-])N[C@@H]1c2scnc2CC12CCN(c1cnc(Sc3ccc4nc[nH]c(=O)c4c3Cl)cn1)CC2. The second-order valence-electron chi connectivity index (χ2n) is 10.9. The Labute approximate surface area is 242 Å². The first-order valence-electron chi connectivity index (χ1n) is 12.7. The molecule has 13 heteroatoms. The molecule has 2 aliphatic rings. The Kier molecular flexibility index (Phi) is 7.13. The van der Waals surface area contributed by atoms with Crippen LogP contribution in [-0.2, 0) is 17.8 Å². The van der Waals surface area contributed by atoms with E-state index < -0.39 is 11.4 Å². The molecule has 6 rings (SSSR count). The zero-order valence-electron chi connectivity index (χ0n) is 21.7. The van der Waals surface area contributed by atoms with E-state index in [9.17, 15) is 9.35 Å². The number of fused-ring (bicyclic) bond motifs is 2. The standard InChI is InChI=1S/C26H28ClN7O2S3/c1-25(2,3)39(36)33-23-22-16(32-14-37-22)10-26(23)6-8-34(9-7-26)18-11-29-19(12-28-18)38-17-5-4-15-20(21(17)27)24(35)31-13-30-15/h4-5,11-14,23,33H,6-10H2,1-3H3,(H,30,31,35)/t23-,39-/m1/s1. The van der Waals surface area contributed by atoms with Crippen LogP contribution in [0.3, 0.4) is 0 Å². The van der Waals surface area contributed by atoms with Gasteiger partial charge in [-0.05, 0) is 52.2 Å². The van der Waals surface area contributed by atoms with Gasteiger partial charge in [0.05, 0.1) is 51.9 Å². The molecule has 0 saturated carbocycles. The summed E-state index contributed by atoms with van der Waals surface area (Å²) in [5.41, 5.74) is 3.31. The van der Waals surface area contributed by atoms with E-state index in [2.05, 4.69) is 29.6 Å². The Hall–Kier alpha value is -2.22. The molecule has 4 heterocycles. The highest BCUT2D eigenvalue weighted by Gasteiger charge is 2.52. The molecule has 39 heavy (non-hydrogen) atoms. The Balaban J connectivity index is 1.15. The van der Waals surface area contributed by atoms with Gasteiger partial charge in [-0.1, -0.05) is 23.4 Å². The first-order chi connectivity index (χ1) is 18.6. The summed E-state index contributed by atoms with van der Waals surface area (Å²) in [4.78, 5) is 37.1. The highest BCUT2D eigenvalue weighted by atomic mass is 35.5. The van der Waals surface area contributed by atoms with E-state index >= 15 is 0 Å². The normalized spacial score (nSPS) is 19.5. The van der Waals surface area contributed by atoms with Crippen LogP contribution in [0.25, 0.3) is 10.9 Å². The number of hydrogen-bond donors (Lipinski definition) is 2. The van der Waals surface area contributed by atoms with E-state index in [1.54, 1.807) is 29.8 Å². The molecule has 3 aromatic heterocycles. The maximum atomic E-state index is 13.1. The molecular weight excluding hydrogens is 574 g/mol. The molecule has 9 nitrogen and oxygen atoms in total. The Morgan fingerprint density at radius 3 is 2.72 bits per heavy atom. The summed E-state index contributed by atoms with van der Waals surface area (Å²) in [5, 5.41) is 1.41. The van der Waals surface area contributed by atoms with Crippen LogP contribution in [-0.4, -0.2) is 47.3 Å². The van der Waals surface area contributed by atoms with Crippen LogP contribution in [0.2, 0.25) is 5.02 Å². The fourth-order valence-corrected chi connectivity index (χ4v) is 8.42. The van der Waals surface area contributed by atoms with Gasteiger partial charge in [-0.15, -0.1) is 16.1 Å². The summed E-state index contributed by atoms with van der Waals surface area (Å²) < 4.78 is 16.2. The van der Waals surface area contributed by atoms with Crippen molar-refractivity contribution in [2.75, 3.05) is 18.0 Å². The number of benzene rings is 1. The molecule has 1 spiro atoms. The number of piperidine rings is 1. The Morgan fingerprint density at radius 1 is 1.21 bits per heavy atom. The predicted octanol–water partition coefficient (Wildman–Crippen LogP) is 4.91. The Morgan fingerprint density at radius 2 is 2.00 bits per heavy atom. The van der Waals surface area contributed by atoms with Crippen molar-refractivity contribution in [2.24, 2.45) is 5.41 Å². The third-order valence-electron chi connectivity index (χ3n) is 7.47. The smallest absolute Gasteiger partial charge is 0.260 e. The number of hydrogen-bond acceptors (Lipinski definition) is 10. The minimum atomic E-state index is -1.16. The zero-order chi connectivity index (χ0) is 27.4. The van der Waals surface area contributed by atoms with E-state index in [4.69, 9.17) is 16.6 Å². The van der Waals surface area contributed by atoms with Crippen molar-refractivity contribution in [2.45, 2.75) is 60.7 Å². The van der Waals surface area contributed by atoms with Gasteiger partial charge in [0.1, 0.15) is 15.6 Å². The molecule has 4 aromatic rings. The van der Waals surface area contributed by atoms with Crippen LogP contribution in [0.4, 0.5) is 5.82 Å². The lowest BCUT2D eigenvalue weighted by atomic mass is 9.74. The van der Waals surface area contributed by atoms with Gasteiger partial charge in [-0.3, -0.25) is 4.79 Å². The molecule has 1 aliphatic heterocycles. The van der Waals surface area contributed by atoms with Gasteiger partial charge in [-0.25, -0.2) is 19.9 Å².